The summed E-state index contributed by atoms with van der Waals surface area (Å²) < 4.78 is 1.94. The van der Waals surface area contributed by atoms with E-state index in [1.165, 1.54) is 5.56 Å². The predicted octanol–water partition coefficient (Wildman–Crippen LogP) is 6.14. The monoisotopic (exact) mass is 451 g/mol. The summed E-state index contributed by atoms with van der Waals surface area (Å²) in [5, 5.41) is 1.32. The minimum absolute atomic E-state index is 0.0102. The molecule has 0 amide bonds. The molecule has 1 fully saturated rings. The van der Waals surface area contributed by atoms with Crippen molar-refractivity contribution in [3.8, 4) is 11.1 Å². The topological polar surface area (TPSA) is 41.0 Å². The maximum atomic E-state index is 12.5. The van der Waals surface area contributed by atoms with Gasteiger partial charge in [-0.1, -0.05) is 59.6 Å². The van der Waals surface area contributed by atoms with E-state index in [1.807, 2.05) is 53.1 Å². The summed E-state index contributed by atoms with van der Waals surface area (Å²) in [5.41, 5.74) is 5.04. The van der Waals surface area contributed by atoms with E-state index in [1.54, 1.807) is 0 Å². The normalized spacial score (nSPS) is 15.5. The number of para-hydroxylation sites is 2. The fraction of sp³-hybridized carbons (Fsp3) is 0.240. The number of H-pyrrole nitrogens is 1. The summed E-state index contributed by atoms with van der Waals surface area (Å²) >= 11 is 12.8. The van der Waals surface area contributed by atoms with Crippen molar-refractivity contribution in [1.29, 1.82) is 0 Å². The Hall–Kier alpha value is -2.53. The lowest BCUT2D eigenvalue weighted by atomic mass is 10.0. The van der Waals surface area contributed by atoms with Crippen LogP contribution in [0.4, 0.5) is 0 Å². The molecule has 1 aliphatic heterocycles. The van der Waals surface area contributed by atoms with E-state index in [0.29, 0.717) is 10.0 Å². The molecule has 0 radical (unpaired) electrons. The highest BCUT2D eigenvalue weighted by Gasteiger charge is 2.23. The highest BCUT2D eigenvalue weighted by atomic mass is 35.5. The van der Waals surface area contributed by atoms with E-state index in [0.717, 1.165) is 54.6 Å². The molecule has 0 bridgehead atoms. The number of rotatable bonds is 4. The highest BCUT2D eigenvalue weighted by molar-refractivity contribution is 6.39. The SMILES string of the molecule is O=c1[nH]c2ccccc2n1C1CCN(Cc2cccc(-c3c(Cl)cccc3Cl)c2)CC1. The van der Waals surface area contributed by atoms with Crippen molar-refractivity contribution in [1.82, 2.24) is 14.5 Å². The Labute approximate surface area is 191 Å². The first-order valence-corrected chi connectivity index (χ1v) is 11.3. The van der Waals surface area contributed by atoms with Crippen LogP contribution in [-0.2, 0) is 6.54 Å². The lowest BCUT2D eigenvalue weighted by Gasteiger charge is -2.32. The molecule has 0 aliphatic carbocycles. The van der Waals surface area contributed by atoms with Crippen LogP contribution in [0.3, 0.4) is 0 Å². The summed E-state index contributed by atoms with van der Waals surface area (Å²) in [7, 11) is 0. The maximum absolute atomic E-state index is 12.5. The smallest absolute Gasteiger partial charge is 0.306 e. The molecular formula is C25H23Cl2N3O. The number of nitrogens with zero attached hydrogens (tertiary/aromatic N) is 2. The second-order valence-electron chi connectivity index (χ2n) is 8.12. The standard InChI is InChI=1S/C25H23Cl2N3O/c26-20-7-4-8-21(27)24(20)18-6-3-5-17(15-18)16-29-13-11-19(12-14-29)30-23-10-2-1-9-22(23)28-25(30)31/h1-10,15,19H,11-14,16H2,(H,28,31). The average molecular weight is 452 g/mol. The van der Waals surface area contributed by atoms with Crippen LogP contribution in [0.25, 0.3) is 22.2 Å². The molecule has 1 aliphatic rings. The molecule has 1 aromatic heterocycles. The number of likely N-dealkylation sites (tertiary alicyclic amines) is 1. The van der Waals surface area contributed by atoms with Gasteiger partial charge >= 0.3 is 5.69 Å². The van der Waals surface area contributed by atoms with E-state index in [2.05, 4.69) is 28.1 Å². The van der Waals surface area contributed by atoms with Crippen LogP contribution in [0.5, 0.6) is 0 Å². The second kappa shape index (κ2) is 8.54. The minimum atomic E-state index is -0.0102. The van der Waals surface area contributed by atoms with E-state index in [9.17, 15) is 4.79 Å². The quantitative estimate of drug-likeness (QED) is 0.404. The number of hydrogen-bond acceptors (Lipinski definition) is 2. The minimum Gasteiger partial charge on any atom is -0.306 e. The summed E-state index contributed by atoms with van der Waals surface area (Å²) in [6.45, 7) is 2.77. The van der Waals surface area contributed by atoms with Crippen LogP contribution in [0.2, 0.25) is 10.0 Å². The molecule has 5 rings (SSSR count). The summed E-state index contributed by atoms with van der Waals surface area (Å²) in [6.07, 6.45) is 1.91. The number of aromatic amines is 1. The maximum Gasteiger partial charge on any atom is 0.326 e. The molecule has 1 N–H and O–H groups in total. The zero-order valence-electron chi connectivity index (χ0n) is 17.0. The van der Waals surface area contributed by atoms with Gasteiger partial charge in [0, 0.05) is 41.3 Å². The molecule has 3 aromatic carbocycles. The molecule has 0 saturated carbocycles. The van der Waals surface area contributed by atoms with Crippen molar-refractivity contribution in [2.45, 2.75) is 25.4 Å². The number of nitrogens with one attached hydrogen (secondary N) is 1. The third-order valence-electron chi connectivity index (χ3n) is 6.13. The first-order chi connectivity index (χ1) is 15.1. The van der Waals surface area contributed by atoms with Gasteiger partial charge in [-0.15, -0.1) is 0 Å². The van der Waals surface area contributed by atoms with E-state index >= 15 is 0 Å². The van der Waals surface area contributed by atoms with Crippen LogP contribution in [0.1, 0.15) is 24.4 Å². The molecule has 0 unspecified atom stereocenters. The number of fused-ring (bicyclic) bond motifs is 1. The molecule has 1 saturated heterocycles. The van der Waals surface area contributed by atoms with Crippen molar-refractivity contribution in [2.24, 2.45) is 0 Å². The molecule has 0 spiro atoms. The van der Waals surface area contributed by atoms with Gasteiger partial charge in [-0.25, -0.2) is 4.79 Å². The van der Waals surface area contributed by atoms with Gasteiger partial charge in [0.05, 0.1) is 11.0 Å². The fourth-order valence-electron chi connectivity index (χ4n) is 4.63. The van der Waals surface area contributed by atoms with Crippen LogP contribution in [0, 0.1) is 0 Å². The second-order valence-corrected chi connectivity index (χ2v) is 8.94. The number of benzene rings is 3. The third-order valence-corrected chi connectivity index (χ3v) is 6.76. The predicted molar refractivity (Wildman–Crippen MR) is 128 cm³/mol. The summed E-state index contributed by atoms with van der Waals surface area (Å²) in [6, 6.07) is 22.2. The van der Waals surface area contributed by atoms with Gasteiger partial charge < -0.3 is 4.98 Å². The summed E-state index contributed by atoms with van der Waals surface area (Å²) in [5.74, 6) is 0. The lowest BCUT2D eigenvalue weighted by molar-refractivity contribution is 0.180. The van der Waals surface area contributed by atoms with Crippen molar-refractivity contribution in [2.75, 3.05) is 13.1 Å². The van der Waals surface area contributed by atoms with Crippen LogP contribution >= 0.6 is 23.2 Å². The molecule has 4 aromatic rings. The Balaban J connectivity index is 1.30. The number of piperidine rings is 1. The van der Waals surface area contributed by atoms with E-state index < -0.39 is 0 Å². The Morgan fingerprint density at radius 1 is 0.903 bits per heavy atom. The largest absolute Gasteiger partial charge is 0.326 e. The number of imidazole rings is 1. The van der Waals surface area contributed by atoms with Crippen LogP contribution in [-0.4, -0.2) is 27.5 Å². The van der Waals surface area contributed by atoms with Gasteiger partial charge in [-0.3, -0.25) is 9.47 Å². The number of aromatic nitrogens is 2. The van der Waals surface area contributed by atoms with Crippen LogP contribution in [0.15, 0.2) is 71.5 Å². The molecule has 31 heavy (non-hydrogen) atoms. The Kier molecular flexibility index (Phi) is 5.61. The first-order valence-electron chi connectivity index (χ1n) is 10.5. The van der Waals surface area contributed by atoms with Crippen molar-refractivity contribution in [3.05, 3.63) is 92.8 Å². The molecule has 2 heterocycles. The average Bonchev–Trinajstić information content (AvgIpc) is 3.10. The fourth-order valence-corrected chi connectivity index (χ4v) is 5.25. The summed E-state index contributed by atoms with van der Waals surface area (Å²) in [4.78, 5) is 17.9. The molecular weight excluding hydrogens is 429 g/mol. The molecule has 6 heteroatoms. The van der Waals surface area contributed by atoms with Crippen molar-refractivity contribution in [3.63, 3.8) is 0 Å². The first kappa shape index (κ1) is 20.4. The Bertz CT molecular complexity index is 1270. The zero-order valence-corrected chi connectivity index (χ0v) is 18.5. The van der Waals surface area contributed by atoms with Gasteiger partial charge in [-0.2, -0.15) is 0 Å². The lowest BCUT2D eigenvalue weighted by Crippen LogP contribution is -2.36. The van der Waals surface area contributed by atoms with Gasteiger partial charge in [0.15, 0.2) is 0 Å². The van der Waals surface area contributed by atoms with Gasteiger partial charge in [0.25, 0.3) is 0 Å². The third kappa shape index (κ3) is 4.03. The number of halogens is 2. The van der Waals surface area contributed by atoms with Gasteiger partial charge in [0.1, 0.15) is 0 Å². The molecule has 4 nitrogen and oxygen atoms in total. The highest BCUT2D eigenvalue weighted by Crippen LogP contribution is 2.35. The number of hydrogen-bond donors (Lipinski definition) is 1. The van der Waals surface area contributed by atoms with E-state index in [-0.39, 0.29) is 11.7 Å². The molecule has 0 atom stereocenters. The van der Waals surface area contributed by atoms with Gasteiger partial charge in [-0.05, 0) is 54.3 Å². The van der Waals surface area contributed by atoms with Crippen LogP contribution < -0.4 is 5.69 Å². The molecule has 158 valence electrons. The van der Waals surface area contributed by atoms with E-state index in [4.69, 9.17) is 23.2 Å². The Morgan fingerprint density at radius 3 is 2.39 bits per heavy atom. The Morgan fingerprint density at radius 2 is 1.61 bits per heavy atom. The zero-order chi connectivity index (χ0) is 21.4. The van der Waals surface area contributed by atoms with Gasteiger partial charge in [0.2, 0.25) is 0 Å². The van der Waals surface area contributed by atoms with Crippen molar-refractivity contribution < 1.29 is 0 Å². The van der Waals surface area contributed by atoms with Crippen molar-refractivity contribution >= 4 is 34.2 Å².